The standard InChI is InChI=1S/C21H18BrN3O2/c22-18-8-6-15(7-9-18)12-20(26)25-19-5-1-3-16(11-19)13-24-21(27)17-4-2-10-23-14-17/h1-11,14H,12-13H2,(H,24,27)(H,25,26). The van der Waals surface area contributed by atoms with Crippen molar-refractivity contribution in [1.29, 1.82) is 0 Å². The Labute approximate surface area is 166 Å². The second kappa shape index (κ2) is 9.09. The van der Waals surface area contributed by atoms with Gasteiger partial charge >= 0.3 is 0 Å². The number of benzene rings is 2. The number of rotatable bonds is 6. The van der Waals surface area contributed by atoms with Gasteiger partial charge in [0.1, 0.15) is 0 Å². The molecule has 0 aliphatic carbocycles. The molecule has 0 fully saturated rings. The number of hydrogen-bond acceptors (Lipinski definition) is 3. The summed E-state index contributed by atoms with van der Waals surface area (Å²) < 4.78 is 0.979. The van der Waals surface area contributed by atoms with E-state index in [2.05, 4.69) is 31.5 Å². The van der Waals surface area contributed by atoms with Crippen molar-refractivity contribution in [1.82, 2.24) is 10.3 Å². The molecule has 0 spiro atoms. The molecular formula is C21H18BrN3O2. The number of nitrogens with one attached hydrogen (secondary N) is 2. The van der Waals surface area contributed by atoms with Crippen molar-refractivity contribution in [3.8, 4) is 0 Å². The van der Waals surface area contributed by atoms with Gasteiger partial charge in [0.15, 0.2) is 0 Å². The lowest BCUT2D eigenvalue weighted by atomic mass is 10.1. The van der Waals surface area contributed by atoms with E-state index in [1.165, 1.54) is 6.20 Å². The first-order valence-electron chi connectivity index (χ1n) is 8.41. The van der Waals surface area contributed by atoms with Crippen molar-refractivity contribution in [3.63, 3.8) is 0 Å². The first-order chi connectivity index (χ1) is 13.1. The molecular weight excluding hydrogens is 406 g/mol. The Hall–Kier alpha value is -2.99. The molecule has 0 bridgehead atoms. The van der Waals surface area contributed by atoms with E-state index in [0.717, 1.165) is 15.6 Å². The number of anilines is 1. The van der Waals surface area contributed by atoms with Crippen molar-refractivity contribution < 1.29 is 9.59 Å². The number of nitrogens with zero attached hydrogens (tertiary/aromatic N) is 1. The smallest absolute Gasteiger partial charge is 0.253 e. The average Bonchev–Trinajstić information content (AvgIpc) is 2.69. The lowest BCUT2D eigenvalue weighted by Crippen LogP contribution is -2.23. The van der Waals surface area contributed by atoms with Crippen LogP contribution in [0.1, 0.15) is 21.5 Å². The van der Waals surface area contributed by atoms with Crippen LogP contribution < -0.4 is 10.6 Å². The molecule has 0 aliphatic heterocycles. The summed E-state index contributed by atoms with van der Waals surface area (Å²) in [7, 11) is 0. The summed E-state index contributed by atoms with van der Waals surface area (Å²) in [5, 5.41) is 5.74. The van der Waals surface area contributed by atoms with Gasteiger partial charge in [0, 0.05) is 29.1 Å². The van der Waals surface area contributed by atoms with E-state index >= 15 is 0 Å². The fourth-order valence-corrected chi connectivity index (χ4v) is 2.80. The maximum atomic E-state index is 12.2. The van der Waals surface area contributed by atoms with E-state index < -0.39 is 0 Å². The fourth-order valence-electron chi connectivity index (χ4n) is 2.53. The second-order valence-corrected chi connectivity index (χ2v) is 6.89. The molecule has 3 rings (SSSR count). The molecule has 0 unspecified atom stereocenters. The highest BCUT2D eigenvalue weighted by Crippen LogP contribution is 2.14. The molecule has 0 saturated heterocycles. The lowest BCUT2D eigenvalue weighted by Gasteiger charge is -2.09. The highest BCUT2D eigenvalue weighted by Gasteiger charge is 2.07. The summed E-state index contributed by atoms with van der Waals surface area (Å²) in [4.78, 5) is 28.2. The van der Waals surface area contributed by atoms with Crippen LogP contribution >= 0.6 is 15.9 Å². The maximum Gasteiger partial charge on any atom is 0.253 e. The third-order valence-corrected chi connectivity index (χ3v) is 4.39. The maximum absolute atomic E-state index is 12.2. The average molecular weight is 424 g/mol. The van der Waals surface area contributed by atoms with E-state index in [4.69, 9.17) is 0 Å². The molecule has 6 heteroatoms. The van der Waals surface area contributed by atoms with Crippen LogP contribution in [-0.4, -0.2) is 16.8 Å². The fraction of sp³-hybridized carbons (Fsp3) is 0.0952. The van der Waals surface area contributed by atoms with E-state index in [1.807, 2.05) is 48.5 Å². The third-order valence-electron chi connectivity index (χ3n) is 3.87. The summed E-state index contributed by atoms with van der Waals surface area (Å²) >= 11 is 3.38. The Balaban J connectivity index is 1.56. The largest absolute Gasteiger partial charge is 0.348 e. The van der Waals surface area contributed by atoms with Gasteiger partial charge in [-0.3, -0.25) is 14.6 Å². The van der Waals surface area contributed by atoms with Crippen LogP contribution in [0.3, 0.4) is 0 Å². The normalized spacial score (nSPS) is 10.3. The molecule has 5 nitrogen and oxygen atoms in total. The van der Waals surface area contributed by atoms with Gasteiger partial charge < -0.3 is 10.6 Å². The van der Waals surface area contributed by atoms with Gasteiger partial charge in [-0.1, -0.05) is 40.2 Å². The molecule has 1 aromatic heterocycles. The van der Waals surface area contributed by atoms with Gasteiger partial charge in [0.2, 0.25) is 5.91 Å². The van der Waals surface area contributed by atoms with Gasteiger partial charge in [0.25, 0.3) is 5.91 Å². The van der Waals surface area contributed by atoms with Crippen LogP contribution in [0.15, 0.2) is 77.5 Å². The van der Waals surface area contributed by atoms with Gasteiger partial charge in [-0.2, -0.15) is 0 Å². The van der Waals surface area contributed by atoms with Crippen molar-refractivity contribution in [3.05, 3.63) is 94.2 Å². The first kappa shape index (κ1) is 18.8. The summed E-state index contributed by atoms with van der Waals surface area (Å²) in [6.07, 6.45) is 3.44. The number of pyridine rings is 1. The van der Waals surface area contributed by atoms with Crippen LogP contribution in [0.2, 0.25) is 0 Å². The summed E-state index contributed by atoms with van der Waals surface area (Å²) in [5.74, 6) is -0.276. The van der Waals surface area contributed by atoms with Crippen molar-refractivity contribution >= 4 is 33.4 Å². The van der Waals surface area contributed by atoms with Crippen LogP contribution in [-0.2, 0) is 17.8 Å². The van der Waals surface area contributed by atoms with Crippen molar-refractivity contribution in [2.24, 2.45) is 0 Å². The predicted molar refractivity (Wildman–Crippen MR) is 108 cm³/mol. The van der Waals surface area contributed by atoms with E-state index in [9.17, 15) is 9.59 Å². The quantitative estimate of drug-likeness (QED) is 0.630. The molecule has 2 aromatic carbocycles. The zero-order valence-electron chi connectivity index (χ0n) is 14.5. The minimum Gasteiger partial charge on any atom is -0.348 e. The third kappa shape index (κ3) is 5.76. The Morgan fingerprint density at radius 3 is 2.52 bits per heavy atom. The SMILES string of the molecule is O=C(Cc1ccc(Br)cc1)Nc1cccc(CNC(=O)c2cccnc2)c1. The zero-order valence-corrected chi connectivity index (χ0v) is 16.1. The van der Waals surface area contributed by atoms with E-state index in [0.29, 0.717) is 24.2 Å². The number of carbonyl (C=O) groups excluding carboxylic acids is 2. The minimum absolute atomic E-state index is 0.0890. The predicted octanol–water partition coefficient (Wildman–Crippen LogP) is 3.96. The topological polar surface area (TPSA) is 71.1 Å². The molecule has 0 aliphatic rings. The van der Waals surface area contributed by atoms with Crippen LogP contribution in [0.4, 0.5) is 5.69 Å². The Bertz CT molecular complexity index is 928. The molecule has 1 heterocycles. The molecule has 3 aromatic rings. The van der Waals surface area contributed by atoms with E-state index in [-0.39, 0.29) is 11.8 Å². The number of aromatic nitrogens is 1. The van der Waals surface area contributed by atoms with Crippen LogP contribution in [0, 0.1) is 0 Å². The Kier molecular flexibility index (Phi) is 6.33. The molecule has 2 amide bonds. The van der Waals surface area contributed by atoms with Crippen molar-refractivity contribution in [2.75, 3.05) is 5.32 Å². The van der Waals surface area contributed by atoms with Gasteiger partial charge in [-0.05, 0) is 47.5 Å². The van der Waals surface area contributed by atoms with Crippen LogP contribution in [0.5, 0.6) is 0 Å². The molecule has 2 N–H and O–H groups in total. The Morgan fingerprint density at radius 1 is 0.963 bits per heavy atom. The number of amides is 2. The highest BCUT2D eigenvalue weighted by molar-refractivity contribution is 9.10. The Morgan fingerprint density at radius 2 is 1.78 bits per heavy atom. The summed E-state index contributed by atoms with van der Waals surface area (Å²) in [6, 6.07) is 18.5. The lowest BCUT2D eigenvalue weighted by molar-refractivity contribution is -0.115. The minimum atomic E-state index is -0.187. The molecule has 136 valence electrons. The van der Waals surface area contributed by atoms with Gasteiger partial charge in [0.05, 0.1) is 12.0 Å². The monoisotopic (exact) mass is 423 g/mol. The number of carbonyl (C=O) groups is 2. The van der Waals surface area contributed by atoms with E-state index in [1.54, 1.807) is 18.3 Å². The molecule has 0 saturated carbocycles. The highest BCUT2D eigenvalue weighted by atomic mass is 79.9. The second-order valence-electron chi connectivity index (χ2n) is 5.98. The molecule has 0 atom stereocenters. The summed E-state index contributed by atoms with van der Waals surface area (Å²) in [5.41, 5.74) is 3.05. The molecule has 0 radical (unpaired) electrons. The molecule has 27 heavy (non-hydrogen) atoms. The van der Waals surface area contributed by atoms with Gasteiger partial charge in [-0.25, -0.2) is 0 Å². The van der Waals surface area contributed by atoms with Crippen molar-refractivity contribution in [2.45, 2.75) is 13.0 Å². The summed E-state index contributed by atoms with van der Waals surface area (Å²) in [6.45, 7) is 0.365. The first-order valence-corrected chi connectivity index (χ1v) is 9.21. The zero-order chi connectivity index (χ0) is 19.1. The number of hydrogen-bond donors (Lipinski definition) is 2. The number of halogens is 1. The van der Waals surface area contributed by atoms with Crippen LogP contribution in [0.25, 0.3) is 0 Å². The van der Waals surface area contributed by atoms with Gasteiger partial charge in [-0.15, -0.1) is 0 Å².